The summed E-state index contributed by atoms with van der Waals surface area (Å²) >= 11 is 3.87. The summed E-state index contributed by atoms with van der Waals surface area (Å²) in [6.07, 6.45) is 1.35. The van der Waals surface area contributed by atoms with E-state index in [9.17, 15) is 0 Å². The zero-order valence-corrected chi connectivity index (χ0v) is 8.72. The van der Waals surface area contributed by atoms with Gasteiger partial charge >= 0.3 is 0 Å². The Hall–Kier alpha value is 0.330. The zero-order chi connectivity index (χ0) is 8.23. The third kappa shape index (κ3) is 2.41. The Morgan fingerprint density at radius 2 is 2.67 bits per heavy atom. The van der Waals surface area contributed by atoms with Crippen molar-refractivity contribution in [1.29, 1.82) is 0 Å². The molecule has 68 valence electrons. The largest absolute Gasteiger partial charge is 0.316 e. The number of nitrogens with one attached hydrogen (secondary N) is 1. The van der Waals surface area contributed by atoms with Gasteiger partial charge in [-0.3, -0.25) is 4.99 Å². The maximum atomic E-state index is 4.42. The molecule has 2 aliphatic heterocycles. The highest BCUT2D eigenvalue weighted by Crippen LogP contribution is 2.25. The Morgan fingerprint density at radius 3 is 3.33 bits per heavy atom. The molecule has 0 saturated carbocycles. The lowest BCUT2D eigenvalue weighted by Gasteiger charge is -2.05. The molecular formula is C8H14N2S2. The molecule has 4 heteroatoms. The molecule has 2 aliphatic rings. The molecule has 2 heterocycles. The third-order valence-corrected chi connectivity index (χ3v) is 4.65. The van der Waals surface area contributed by atoms with Crippen molar-refractivity contribution in [2.75, 3.05) is 31.1 Å². The number of thioether (sulfide) groups is 2. The lowest BCUT2D eigenvalue weighted by atomic mass is 10.2. The number of rotatable bonds is 2. The summed E-state index contributed by atoms with van der Waals surface area (Å²) in [5.74, 6) is 3.35. The van der Waals surface area contributed by atoms with Crippen LogP contribution in [0.3, 0.4) is 0 Å². The van der Waals surface area contributed by atoms with Gasteiger partial charge in [0, 0.05) is 11.5 Å². The van der Waals surface area contributed by atoms with Crippen molar-refractivity contribution in [2.45, 2.75) is 6.42 Å². The molecule has 0 aromatic heterocycles. The Bertz CT molecular complexity index is 176. The molecule has 0 aromatic carbocycles. The predicted octanol–water partition coefficient (Wildman–Crippen LogP) is 1.43. The second-order valence-electron chi connectivity index (χ2n) is 3.17. The minimum atomic E-state index is 0.888. The molecule has 2 rings (SSSR count). The molecular weight excluding hydrogens is 188 g/mol. The van der Waals surface area contributed by atoms with Crippen molar-refractivity contribution >= 4 is 27.9 Å². The van der Waals surface area contributed by atoms with Gasteiger partial charge in [0.05, 0.1) is 6.54 Å². The molecule has 0 radical (unpaired) electrons. The first-order chi connectivity index (χ1) is 5.95. The second-order valence-corrected chi connectivity index (χ2v) is 5.52. The van der Waals surface area contributed by atoms with Crippen molar-refractivity contribution in [2.24, 2.45) is 10.9 Å². The average molecular weight is 202 g/mol. The van der Waals surface area contributed by atoms with Gasteiger partial charge in [0.25, 0.3) is 0 Å². The van der Waals surface area contributed by atoms with Gasteiger partial charge in [-0.15, -0.1) is 0 Å². The summed E-state index contributed by atoms with van der Waals surface area (Å²) in [7, 11) is 0. The first-order valence-corrected chi connectivity index (χ1v) is 6.43. The number of hydrogen-bond donors (Lipinski definition) is 1. The predicted molar refractivity (Wildman–Crippen MR) is 58.2 cm³/mol. The number of hydrogen-bond acceptors (Lipinski definition) is 4. The monoisotopic (exact) mass is 202 g/mol. The summed E-state index contributed by atoms with van der Waals surface area (Å²) < 4.78 is 1.32. The van der Waals surface area contributed by atoms with Gasteiger partial charge in [0.1, 0.15) is 4.38 Å². The van der Waals surface area contributed by atoms with Crippen LogP contribution in [0, 0.1) is 5.92 Å². The van der Waals surface area contributed by atoms with Gasteiger partial charge in [-0.2, -0.15) is 0 Å². The van der Waals surface area contributed by atoms with E-state index in [2.05, 4.69) is 10.3 Å². The highest BCUT2D eigenvalue weighted by Gasteiger charge is 2.16. The van der Waals surface area contributed by atoms with Gasteiger partial charge < -0.3 is 5.32 Å². The van der Waals surface area contributed by atoms with Gasteiger partial charge in [-0.25, -0.2) is 0 Å². The zero-order valence-electron chi connectivity index (χ0n) is 7.08. The molecule has 12 heavy (non-hydrogen) atoms. The Kier molecular flexibility index (Phi) is 3.37. The summed E-state index contributed by atoms with van der Waals surface area (Å²) in [6, 6.07) is 0. The minimum absolute atomic E-state index is 0.888. The Morgan fingerprint density at radius 1 is 1.67 bits per heavy atom. The van der Waals surface area contributed by atoms with Gasteiger partial charge in [-0.1, -0.05) is 23.5 Å². The SMILES string of the molecule is C1CSC(SCC2CCNC2)=N1. The van der Waals surface area contributed by atoms with E-state index in [-0.39, 0.29) is 0 Å². The highest BCUT2D eigenvalue weighted by atomic mass is 32.2. The van der Waals surface area contributed by atoms with E-state index < -0.39 is 0 Å². The van der Waals surface area contributed by atoms with E-state index in [0.29, 0.717) is 0 Å². The van der Waals surface area contributed by atoms with Crippen molar-refractivity contribution < 1.29 is 0 Å². The molecule has 0 spiro atoms. The van der Waals surface area contributed by atoms with Crippen LogP contribution in [-0.2, 0) is 0 Å². The molecule has 0 amide bonds. The normalized spacial score (nSPS) is 29.3. The molecule has 0 bridgehead atoms. The van der Waals surface area contributed by atoms with Crippen LogP contribution in [0.25, 0.3) is 0 Å². The Balaban J connectivity index is 1.67. The average Bonchev–Trinajstić information content (AvgIpc) is 2.74. The fourth-order valence-electron chi connectivity index (χ4n) is 1.45. The number of aliphatic imine (C=N–C) groups is 1. The van der Waals surface area contributed by atoms with Gasteiger partial charge in [-0.05, 0) is 25.4 Å². The first kappa shape index (κ1) is 8.91. The molecule has 1 atom stereocenters. The van der Waals surface area contributed by atoms with Crippen molar-refractivity contribution in [3.8, 4) is 0 Å². The molecule has 2 nitrogen and oxygen atoms in total. The fraction of sp³-hybridized carbons (Fsp3) is 0.875. The van der Waals surface area contributed by atoms with Crippen LogP contribution in [0.5, 0.6) is 0 Å². The lowest BCUT2D eigenvalue weighted by Crippen LogP contribution is -2.10. The van der Waals surface area contributed by atoms with E-state index in [1.165, 1.54) is 35.4 Å². The van der Waals surface area contributed by atoms with Crippen LogP contribution < -0.4 is 5.32 Å². The fourth-order valence-corrected chi connectivity index (χ4v) is 3.62. The van der Waals surface area contributed by atoms with E-state index in [0.717, 1.165) is 12.5 Å². The van der Waals surface area contributed by atoms with Crippen LogP contribution in [0.4, 0.5) is 0 Å². The van der Waals surface area contributed by atoms with Crippen molar-refractivity contribution in [3.05, 3.63) is 0 Å². The van der Waals surface area contributed by atoms with Crippen LogP contribution in [0.1, 0.15) is 6.42 Å². The summed E-state index contributed by atoms with van der Waals surface area (Å²) in [5.41, 5.74) is 0. The molecule has 1 N–H and O–H groups in total. The molecule has 0 aromatic rings. The van der Waals surface area contributed by atoms with Crippen LogP contribution >= 0.6 is 23.5 Å². The Labute approximate surface area is 82.0 Å². The van der Waals surface area contributed by atoms with Crippen LogP contribution in [-0.4, -0.2) is 35.5 Å². The maximum absolute atomic E-state index is 4.42. The topological polar surface area (TPSA) is 24.4 Å². The minimum Gasteiger partial charge on any atom is -0.316 e. The third-order valence-electron chi connectivity index (χ3n) is 2.16. The van der Waals surface area contributed by atoms with Gasteiger partial charge in [0.2, 0.25) is 0 Å². The standard InChI is InChI=1S/C8H14N2S2/c1-2-9-5-7(1)6-12-8-10-3-4-11-8/h7,9H,1-6H2. The number of nitrogens with zero attached hydrogens (tertiary/aromatic N) is 1. The second kappa shape index (κ2) is 4.53. The van der Waals surface area contributed by atoms with E-state index >= 15 is 0 Å². The molecule has 1 fully saturated rings. The smallest absolute Gasteiger partial charge is 0.124 e. The molecule has 1 saturated heterocycles. The summed E-state index contributed by atoms with van der Waals surface area (Å²) in [6.45, 7) is 3.46. The van der Waals surface area contributed by atoms with Crippen molar-refractivity contribution in [3.63, 3.8) is 0 Å². The molecule has 1 unspecified atom stereocenters. The van der Waals surface area contributed by atoms with Gasteiger partial charge in [0.15, 0.2) is 0 Å². The van der Waals surface area contributed by atoms with Crippen LogP contribution in [0.15, 0.2) is 4.99 Å². The lowest BCUT2D eigenvalue weighted by molar-refractivity contribution is 0.664. The van der Waals surface area contributed by atoms with Crippen molar-refractivity contribution in [1.82, 2.24) is 5.32 Å². The first-order valence-electron chi connectivity index (χ1n) is 4.46. The highest BCUT2D eigenvalue weighted by molar-refractivity contribution is 8.39. The van der Waals surface area contributed by atoms with E-state index in [1.54, 1.807) is 0 Å². The molecule has 0 aliphatic carbocycles. The quantitative estimate of drug-likeness (QED) is 0.733. The summed E-state index contributed by atoms with van der Waals surface area (Å²) in [4.78, 5) is 4.42. The summed E-state index contributed by atoms with van der Waals surface area (Å²) in [5, 5.41) is 3.39. The van der Waals surface area contributed by atoms with E-state index in [4.69, 9.17) is 0 Å². The van der Waals surface area contributed by atoms with Crippen LogP contribution in [0.2, 0.25) is 0 Å². The van der Waals surface area contributed by atoms with E-state index in [1.807, 2.05) is 23.5 Å². The maximum Gasteiger partial charge on any atom is 0.124 e.